The molecular formula is C15H22N2O2. The molecule has 104 valence electrons. The van der Waals surface area contributed by atoms with Gasteiger partial charge in [0.05, 0.1) is 18.3 Å². The summed E-state index contributed by atoms with van der Waals surface area (Å²) in [6, 6.07) is 5.91. The number of nitrogens with zero attached hydrogens (tertiary/aromatic N) is 1. The molecule has 2 rings (SSSR count). The van der Waals surface area contributed by atoms with Crippen LogP contribution >= 0.6 is 0 Å². The molecule has 1 aromatic rings. The standard InChI is InChI=1S/C15H22N2O2/c1-10(2)8-17-9-14(18)16-15-12(17)6-5-7-13(15)19-11(3)4/h5-7,10-11H,8-9H2,1-4H3,(H,16,18). The maximum atomic E-state index is 11.8. The van der Waals surface area contributed by atoms with Crippen LogP contribution in [0.3, 0.4) is 0 Å². The molecule has 1 aromatic carbocycles. The van der Waals surface area contributed by atoms with E-state index in [2.05, 4.69) is 24.1 Å². The van der Waals surface area contributed by atoms with Gasteiger partial charge in [0.2, 0.25) is 5.91 Å². The average molecular weight is 262 g/mol. The van der Waals surface area contributed by atoms with Gasteiger partial charge in [-0.15, -0.1) is 0 Å². The number of amides is 1. The van der Waals surface area contributed by atoms with Gasteiger partial charge in [-0.25, -0.2) is 0 Å². The van der Waals surface area contributed by atoms with Crippen LogP contribution in [0.15, 0.2) is 18.2 Å². The van der Waals surface area contributed by atoms with Crippen molar-refractivity contribution in [3.05, 3.63) is 18.2 Å². The zero-order chi connectivity index (χ0) is 14.0. The van der Waals surface area contributed by atoms with E-state index in [1.807, 2.05) is 32.0 Å². The zero-order valence-corrected chi connectivity index (χ0v) is 12.1. The number of nitrogens with one attached hydrogen (secondary N) is 1. The Morgan fingerprint density at radius 2 is 2.05 bits per heavy atom. The monoisotopic (exact) mass is 262 g/mol. The third-order valence-electron chi connectivity index (χ3n) is 2.89. The second-order valence-electron chi connectivity index (χ2n) is 5.64. The Hall–Kier alpha value is -1.71. The molecule has 0 aromatic heterocycles. The van der Waals surface area contributed by atoms with Gasteiger partial charge in [0.25, 0.3) is 0 Å². The van der Waals surface area contributed by atoms with Crippen molar-refractivity contribution in [1.29, 1.82) is 0 Å². The fourth-order valence-corrected chi connectivity index (χ4v) is 2.30. The van der Waals surface area contributed by atoms with Crippen LogP contribution in [0.2, 0.25) is 0 Å². The van der Waals surface area contributed by atoms with E-state index >= 15 is 0 Å². The SMILES string of the molecule is CC(C)CN1CC(=O)Nc2c(OC(C)C)cccc21. The molecule has 1 heterocycles. The topological polar surface area (TPSA) is 41.6 Å². The number of anilines is 2. The molecule has 0 spiro atoms. The van der Waals surface area contributed by atoms with Gasteiger partial charge in [-0.1, -0.05) is 19.9 Å². The highest BCUT2D eigenvalue weighted by Crippen LogP contribution is 2.38. The predicted octanol–water partition coefficient (Wildman–Crippen LogP) is 2.89. The first-order valence-corrected chi connectivity index (χ1v) is 6.82. The van der Waals surface area contributed by atoms with Crippen molar-refractivity contribution in [3.63, 3.8) is 0 Å². The number of rotatable bonds is 4. The van der Waals surface area contributed by atoms with E-state index in [0.29, 0.717) is 12.5 Å². The van der Waals surface area contributed by atoms with Gasteiger partial charge >= 0.3 is 0 Å². The number of hydrogen-bond donors (Lipinski definition) is 1. The van der Waals surface area contributed by atoms with Gasteiger partial charge in [0.15, 0.2) is 0 Å². The summed E-state index contributed by atoms with van der Waals surface area (Å²) in [6.45, 7) is 9.55. The van der Waals surface area contributed by atoms with E-state index in [4.69, 9.17) is 4.74 Å². The molecule has 0 radical (unpaired) electrons. The highest BCUT2D eigenvalue weighted by Gasteiger charge is 2.25. The van der Waals surface area contributed by atoms with Gasteiger partial charge < -0.3 is 15.0 Å². The molecule has 0 saturated carbocycles. The number of hydrogen-bond acceptors (Lipinski definition) is 3. The van der Waals surface area contributed by atoms with E-state index in [9.17, 15) is 4.79 Å². The van der Waals surface area contributed by atoms with Crippen molar-refractivity contribution in [3.8, 4) is 5.75 Å². The molecule has 0 aliphatic carbocycles. The molecule has 0 bridgehead atoms. The molecule has 1 N–H and O–H groups in total. The van der Waals surface area contributed by atoms with E-state index < -0.39 is 0 Å². The number of fused-ring (bicyclic) bond motifs is 1. The van der Waals surface area contributed by atoms with Crippen LogP contribution in [0, 0.1) is 5.92 Å². The first kappa shape index (κ1) is 13.7. The number of carbonyl (C=O) groups excluding carboxylic acids is 1. The van der Waals surface area contributed by atoms with Crippen LogP contribution in [-0.4, -0.2) is 25.1 Å². The third-order valence-corrected chi connectivity index (χ3v) is 2.89. The summed E-state index contributed by atoms with van der Waals surface area (Å²) in [6.07, 6.45) is 0.0869. The fraction of sp³-hybridized carbons (Fsp3) is 0.533. The lowest BCUT2D eigenvalue weighted by atomic mass is 10.1. The molecule has 0 fully saturated rings. The van der Waals surface area contributed by atoms with Gasteiger partial charge in [-0.3, -0.25) is 4.79 Å². The maximum absolute atomic E-state index is 11.8. The third kappa shape index (κ3) is 3.19. The molecule has 1 aliphatic heterocycles. The summed E-state index contributed by atoms with van der Waals surface area (Å²) in [7, 11) is 0. The van der Waals surface area contributed by atoms with Crippen LogP contribution < -0.4 is 15.0 Å². The zero-order valence-electron chi connectivity index (χ0n) is 12.1. The molecule has 19 heavy (non-hydrogen) atoms. The molecule has 1 aliphatic rings. The summed E-state index contributed by atoms with van der Waals surface area (Å²) in [5.41, 5.74) is 1.85. The molecule has 1 amide bonds. The van der Waals surface area contributed by atoms with Crippen LogP contribution in [-0.2, 0) is 4.79 Å². The maximum Gasteiger partial charge on any atom is 0.244 e. The smallest absolute Gasteiger partial charge is 0.244 e. The van der Waals surface area contributed by atoms with Gasteiger partial charge in [0, 0.05) is 6.54 Å². The summed E-state index contributed by atoms with van der Waals surface area (Å²) in [5.74, 6) is 1.27. The van der Waals surface area contributed by atoms with Gasteiger partial charge in [0.1, 0.15) is 11.4 Å². The molecule has 0 unspecified atom stereocenters. The Balaban J connectivity index is 2.36. The number of para-hydroxylation sites is 1. The minimum Gasteiger partial charge on any atom is -0.489 e. The molecular weight excluding hydrogens is 240 g/mol. The molecule has 4 nitrogen and oxygen atoms in total. The lowest BCUT2D eigenvalue weighted by Gasteiger charge is -2.33. The van der Waals surface area contributed by atoms with E-state index in [1.54, 1.807) is 0 Å². The van der Waals surface area contributed by atoms with Crippen LogP contribution in [0.25, 0.3) is 0 Å². The second kappa shape index (κ2) is 5.51. The van der Waals surface area contributed by atoms with E-state index in [0.717, 1.165) is 23.7 Å². The van der Waals surface area contributed by atoms with Crippen molar-refractivity contribution >= 4 is 17.3 Å². The van der Waals surface area contributed by atoms with Crippen molar-refractivity contribution in [2.75, 3.05) is 23.3 Å². The highest BCUT2D eigenvalue weighted by molar-refractivity contribution is 6.03. The lowest BCUT2D eigenvalue weighted by Crippen LogP contribution is -2.40. The minimum atomic E-state index is 0.0213. The molecule has 0 saturated heterocycles. The number of benzene rings is 1. The second-order valence-corrected chi connectivity index (χ2v) is 5.64. The van der Waals surface area contributed by atoms with E-state index in [-0.39, 0.29) is 12.0 Å². The number of carbonyl (C=O) groups is 1. The Kier molecular flexibility index (Phi) is 3.98. The number of ether oxygens (including phenoxy) is 1. The Bertz CT molecular complexity index is 469. The Labute approximate surface area is 114 Å². The minimum absolute atomic E-state index is 0.0213. The van der Waals surface area contributed by atoms with Crippen molar-refractivity contribution < 1.29 is 9.53 Å². The van der Waals surface area contributed by atoms with Crippen LogP contribution in [0.4, 0.5) is 11.4 Å². The Morgan fingerprint density at radius 3 is 2.68 bits per heavy atom. The predicted molar refractivity (Wildman–Crippen MR) is 77.9 cm³/mol. The van der Waals surface area contributed by atoms with Crippen molar-refractivity contribution in [2.45, 2.75) is 33.8 Å². The van der Waals surface area contributed by atoms with E-state index in [1.165, 1.54) is 0 Å². The largest absolute Gasteiger partial charge is 0.489 e. The van der Waals surface area contributed by atoms with Gasteiger partial charge in [-0.2, -0.15) is 0 Å². The normalized spacial score (nSPS) is 14.6. The first-order valence-electron chi connectivity index (χ1n) is 6.82. The Morgan fingerprint density at radius 1 is 1.32 bits per heavy atom. The summed E-state index contributed by atoms with van der Waals surface area (Å²) >= 11 is 0. The van der Waals surface area contributed by atoms with Crippen molar-refractivity contribution in [2.24, 2.45) is 5.92 Å². The molecule has 0 atom stereocenters. The first-order chi connectivity index (χ1) is 8.97. The summed E-state index contributed by atoms with van der Waals surface area (Å²) in [5, 5.41) is 2.93. The quantitative estimate of drug-likeness (QED) is 0.907. The van der Waals surface area contributed by atoms with Crippen LogP contribution in [0.1, 0.15) is 27.7 Å². The van der Waals surface area contributed by atoms with Crippen LogP contribution in [0.5, 0.6) is 5.75 Å². The summed E-state index contributed by atoms with van der Waals surface area (Å²) in [4.78, 5) is 14.0. The van der Waals surface area contributed by atoms with Gasteiger partial charge in [-0.05, 0) is 31.9 Å². The fourth-order valence-electron chi connectivity index (χ4n) is 2.30. The highest BCUT2D eigenvalue weighted by atomic mass is 16.5. The lowest BCUT2D eigenvalue weighted by molar-refractivity contribution is -0.115. The molecule has 4 heteroatoms. The van der Waals surface area contributed by atoms with Crippen molar-refractivity contribution in [1.82, 2.24) is 0 Å². The average Bonchev–Trinajstić information content (AvgIpc) is 2.28. The summed E-state index contributed by atoms with van der Waals surface area (Å²) < 4.78 is 5.77.